The number of carbonyl (C=O) groups is 1. The first-order valence-corrected chi connectivity index (χ1v) is 6.43. The number of ether oxygens (including phenoxy) is 2. The summed E-state index contributed by atoms with van der Waals surface area (Å²) < 4.78 is 10.1. The summed E-state index contributed by atoms with van der Waals surface area (Å²) in [4.78, 5) is 12.3. The fourth-order valence-corrected chi connectivity index (χ4v) is 1.83. The lowest BCUT2D eigenvalue weighted by Crippen LogP contribution is -2.05. The molecule has 0 radical (unpaired) electrons. The van der Waals surface area contributed by atoms with Crippen LogP contribution in [0.5, 0.6) is 11.5 Å². The number of carbonyl (C=O) groups excluding carboxylic acids is 1. The Morgan fingerprint density at radius 1 is 1.14 bits per heavy atom. The van der Waals surface area contributed by atoms with E-state index in [4.69, 9.17) is 9.47 Å². The van der Waals surface area contributed by atoms with Gasteiger partial charge in [0, 0.05) is 7.11 Å². The molecule has 108 valence electrons. The van der Waals surface area contributed by atoms with Crippen molar-refractivity contribution < 1.29 is 19.4 Å². The standard InChI is InChI=1S/C17H16O4/c1-20-12-21-16-9-5-8-14(18)17(16)15(19)11-10-13-6-3-2-4-7-13/h2-11,18H,12H2,1H3/b11-10+. The number of methoxy groups -OCH3 is 1. The summed E-state index contributed by atoms with van der Waals surface area (Å²) >= 11 is 0. The molecule has 0 saturated carbocycles. The number of phenolic OH excluding ortho intramolecular Hbond substituents is 1. The van der Waals surface area contributed by atoms with Crippen molar-refractivity contribution in [1.82, 2.24) is 0 Å². The lowest BCUT2D eigenvalue weighted by Gasteiger charge is -2.10. The predicted molar refractivity (Wildman–Crippen MR) is 80.4 cm³/mol. The van der Waals surface area contributed by atoms with E-state index in [1.807, 2.05) is 30.3 Å². The Morgan fingerprint density at radius 2 is 1.90 bits per heavy atom. The highest BCUT2D eigenvalue weighted by Crippen LogP contribution is 2.28. The SMILES string of the molecule is COCOc1cccc(O)c1C(=O)/C=C/c1ccccc1. The molecule has 2 aromatic carbocycles. The number of benzene rings is 2. The van der Waals surface area contributed by atoms with Crippen LogP contribution in [-0.2, 0) is 4.74 Å². The van der Waals surface area contributed by atoms with Crippen molar-refractivity contribution in [3.8, 4) is 11.5 Å². The molecule has 1 N–H and O–H groups in total. The average Bonchev–Trinajstić information content (AvgIpc) is 2.51. The van der Waals surface area contributed by atoms with Crippen LogP contribution in [0.1, 0.15) is 15.9 Å². The van der Waals surface area contributed by atoms with Gasteiger partial charge in [-0.05, 0) is 23.8 Å². The van der Waals surface area contributed by atoms with E-state index >= 15 is 0 Å². The summed E-state index contributed by atoms with van der Waals surface area (Å²) in [5.41, 5.74) is 1.03. The average molecular weight is 284 g/mol. The van der Waals surface area contributed by atoms with Crippen LogP contribution in [0.25, 0.3) is 6.08 Å². The molecule has 0 aromatic heterocycles. The molecule has 2 aromatic rings. The lowest BCUT2D eigenvalue weighted by molar-refractivity contribution is 0.0502. The van der Waals surface area contributed by atoms with Gasteiger partial charge in [0.2, 0.25) is 0 Å². The van der Waals surface area contributed by atoms with E-state index in [0.717, 1.165) is 5.56 Å². The van der Waals surface area contributed by atoms with Gasteiger partial charge in [0.15, 0.2) is 12.6 Å². The maximum absolute atomic E-state index is 12.3. The normalized spacial score (nSPS) is 10.7. The molecular weight excluding hydrogens is 268 g/mol. The van der Waals surface area contributed by atoms with Gasteiger partial charge in [-0.25, -0.2) is 0 Å². The Kier molecular flexibility index (Phi) is 5.12. The van der Waals surface area contributed by atoms with Gasteiger partial charge < -0.3 is 14.6 Å². The highest BCUT2D eigenvalue weighted by atomic mass is 16.7. The van der Waals surface area contributed by atoms with E-state index in [2.05, 4.69) is 0 Å². The van der Waals surface area contributed by atoms with E-state index in [1.54, 1.807) is 18.2 Å². The fourth-order valence-electron chi connectivity index (χ4n) is 1.83. The zero-order valence-corrected chi connectivity index (χ0v) is 11.7. The highest BCUT2D eigenvalue weighted by molar-refractivity contribution is 6.10. The number of allylic oxidation sites excluding steroid dienone is 1. The summed E-state index contributed by atoms with van der Waals surface area (Å²) in [5, 5.41) is 9.88. The molecule has 0 aliphatic carbocycles. The molecule has 2 rings (SSSR count). The minimum atomic E-state index is -0.331. The van der Waals surface area contributed by atoms with Crippen molar-refractivity contribution in [2.24, 2.45) is 0 Å². The van der Waals surface area contributed by atoms with Crippen LogP contribution < -0.4 is 4.74 Å². The van der Waals surface area contributed by atoms with Gasteiger partial charge in [-0.3, -0.25) is 4.79 Å². The predicted octanol–water partition coefficient (Wildman–Crippen LogP) is 3.27. The molecule has 0 fully saturated rings. The van der Waals surface area contributed by atoms with Crippen LogP contribution >= 0.6 is 0 Å². The third-order valence-electron chi connectivity index (χ3n) is 2.81. The lowest BCUT2D eigenvalue weighted by atomic mass is 10.1. The van der Waals surface area contributed by atoms with E-state index in [9.17, 15) is 9.90 Å². The number of ketones is 1. The van der Waals surface area contributed by atoms with Gasteiger partial charge in [-0.1, -0.05) is 42.5 Å². The third-order valence-corrected chi connectivity index (χ3v) is 2.81. The molecule has 0 aliphatic rings. The minimum absolute atomic E-state index is 0.00608. The van der Waals surface area contributed by atoms with Crippen molar-refractivity contribution in [1.29, 1.82) is 0 Å². The summed E-state index contributed by atoms with van der Waals surface area (Å²) in [7, 11) is 1.49. The van der Waals surface area contributed by atoms with Crippen LogP contribution in [0.3, 0.4) is 0 Å². The molecule has 0 atom stereocenters. The van der Waals surface area contributed by atoms with Gasteiger partial charge >= 0.3 is 0 Å². The molecule has 0 spiro atoms. The number of hydrogen-bond acceptors (Lipinski definition) is 4. The van der Waals surface area contributed by atoms with Crippen LogP contribution in [0, 0.1) is 0 Å². The molecule has 0 saturated heterocycles. The minimum Gasteiger partial charge on any atom is -0.507 e. The smallest absolute Gasteiger partial charge is 0.193 e. The van der Waals surface area contributed by atoms with Crippen LogP contribution in [-0.4, -0.2) is 24.8 Å². The van der Waals surface area contributed by atoms with Crippen molar-refractivity contribution in [3.05, 3.63) is 65.7 Å². The van der Waals surface area contributed by atoms with Crippen LogP contribution in [0.15, 0.2) is 54.6 Å². The molecule has 0 aliphatic heterocycles. The Bertz CT molecular complexity index is 632. The first kappa shape index (κ1) is 14.8. The Labute approximate surface area is 123 Å². The fraction of sp³-hybridized carbons (Fsp3) is 0.118. The molecule has 4 nitrogen and oxygen atoms in total. The molecule has 0 amide bonds. The van der Waals surface area contributed by atoms with E-state index in [1.165, 1.54) is 19.3 Å². The summed E-state index contributed by atoms with van der Waals surface area (Å²) in [6.45, 7) is 0.00608. The van der Waals surface area contributed by atoms with E-state index in [0.29, 0.717) is 5.75 Å². The van der Waals surface area contributed by atoms with Gasteiger partial charge in [0.25, 0.3) is 0 Å². The molecular formula is C17H16O4. The molecule has 0 heterocycles. The highest BCUT2D eigenvalue weighted by Gasteiger charge is 2.15. The first-order valence-electron chi connectivity index (χ1n) is 6.43. The quantitative estimate of drug-likeness (QED) is 0.502. The van der Waals surface area contributed by atoms with Gasteiger partial charge in [-0.2, -0.15) is 0 Å². The Balaban J connectivity index is 2.24. The largest absolute Gasteiger partial charge is 0.507 e. The monoisotopic (exact) mass is 284 g/mol. The van der Waals surface area contributed by atoms with Crippen molar-refractivity contribution in [3.63, 3.8) is 0 Å². The molecule has 0 bridgehead atoms. The van der Waals surface area contributed by atoms with E-state index in [-0.39, 0.29) is 23.9 Å². The van der Waals surface area contributed by atoms with Crippen molar-refractivity contribution >= 4 is 11.9 Å². The molecule has 0 unspecified atom stereocenters. The summed E-state index contributed by atoms with van der Waals surface area (Å²) in [6, 6.07) is 14.1. The van der Waals surface area contributed by atoms with Crippen LogP contribution in [0.4, 0.5) is 0 Å². The van der Waals surface area contributed by atoms with Gasteiger partial charge in [-0.15, -0.1) is 0 Å². The number of hydrogen-bond donors (Lipinski definition) is 1. The van der Waals surface area contributed by atoms with Crippen molar-refractivity contribution in [2.45, 2.75) is 0 Å². The number of phenols is 1. The Morgan fingerprint density at radius 3 is 2.62 bits per heavy atom. The van der Waals surface area contributed by atoms with Crippen LogP contribution in [0.2, 0.25) is 0 Å². The third kappa shape index (κ3) is 3.94. The Hall–Kier alpha value is -2.59. The zero-order valence-electron chi connectivity index (χ0n) is 11.7. The summed E-state index contributed by atoms with van der Waals surface area (Å²) in [5.74, 6) is -0.158. The van der Waals surface area contributed by atoms with Gasteiger partial charge in [0.1, 0.15) is 17.1 Å². The summed E-state index contributed by atoms with van der Waals surface area (Å²) in [6.07, 6.45) is 3.10. The zero-order chi connectivity index (χ0) is 15.1. The maximum Gasteiger partial charge on any atom is 0.193 e. The number of aromatic hydroxyl groups is 1. The number of rotatable bonds is 6. The first-order chi connectivity index (χ1) is 10.2. The maximum atomic E-state index is 12.3. The van der Waals surface area contributed by atoms with E-state index < -0.39 is 0 Å². The van der Waals surface area contributed by atoms with Gasteiger partial charge in [0.05, 0.1) is 0 Å². The second-order valence-electron chi connectivity index (χ2n) is 4.31. The topological polar surface area (TPSA) is 55.8 Å². The second kappa shape index (κ2) is 7.26. The van der Waals surface area contributed by atoms with Crippen molar-refractivity contribution in [2.75, 3.05) is 13.9 Å². The molecule has 21 heavy (non-hydrogen) atoms. The second-order valence-corrected chi connectivity index (χ2v) is 4.31. The molecule has 4 heteroatoms.